The van der Waals surface area contributed by atoms with Crippen LogP contribution < -0.4 is 0 Å². The third-order valence-electron chi connectivity index (χ3n) is 14.9. The number of hydrogen-bond donors (Lipinski definition) is 3. The minimum Gasteiger partial charge on any atom is -0.508 e. The highest BCUT2D eigenvalue weighted by atomic mass is 16.7. The van der Waals surface area contributed by atoms with Crippen LogP contribution in [0.1, 0.15) is 111 Å². The van der Waals surface area contributed by atoms with E-state index < -0.39 is 18.3 Å². The number of fused-ring (bicyclic) bond motifs is 9. The molecule has 10 nitrogen and oxygen atoms in total. The summed E-state index contributed by atoms with van der Waals surface area (Å²) in [6, 6.07) is 1.67. The minimum absolute atomic E-state index is 0.0522. The molecule has 10 heteroatoms. The number of aryl methyl sites for hydroxylation is 1. The Kier molecular flexibility index (Phi) is 10.4. The average Bonchev–Trinajstić information content (AvgIpc) is 3.76. The Bertz CT molecular complexity index is 1400. The van der Waals surface area contributed by atoms with E-state index in [9.17, 15) is 15.3 Å². The van der Waals surface area contributed by atoms with Crippen molar-refractivity contribution in [1.82, 2.24) is 19.9 Å². The molecule has 3 heterocycles. The van der Waals surface area contributed by atoms with Gasteiger partial charge in [0.2, 0.25) is 0 Å². The van der Waals surface area contributed by atoms with Gasteiger partial charge in [-0.05, 0) is 124 Å². The summed E-state index contributed by atoms with van der Waals surface area (Å²) in [7, 11) is 0. The number of hydrogen-bond acceptors (Lipinski definition) is 9. The van der Waals surface area contributed by atoms with Crippen LogP contribution in [0.2, 0.25) is 0 Å². The molecule has 3 saturated carbocycles. The molecule has 280 valence electrons. The number of aromatic nitrogens is 3. The van der Waals surface area contributed by atoms with Crippen LogP contribution in [0.25, 0.3) is 0 Å². The fraction of sp³-hybridized carbons (Fsp3) is 0.850. The molecule has 6 aliphatic rings. The third kappa shape index (κ3) is 6.53. The molecule has 5 fully saturated rings. The van der Waals surface area contributed by atoms with Crippen LogP contribution in [-0.4, -0.2) is 84.9 Å². The lowest BCUT2D eigenvalue weighted by Gasteiger charge is -2.58. The van der Waals surface area contributed by atoms with Gasteiger partial charge in [-0.3, -0.25) is 9.58 Å². The van der Waals surface area contributed by atoms with Crippen molar-refractivity contribution in [3.05, 3.63) is 35.7 Å². The summed E-state index contributed by atoms with van der Waals surface area (Å²) >= 11 is 0. The minimum atomic E-state index is -1.11. The summed E-state index contributed by atoms with van der Waals surface area (Å²) in [6.07, 6.45) is 15.4. The predicted molar refractivity (Wildman–Crippen MR) is 191 cm³/mol. The summed E-state index contributed by atoms with van der Waals surface area (Å²) in [4.78, 5) is 3.02. The first-order valence-corrected chi connectivity index (χ1v) is 19.9. The van der Waals surface area contributed by atoms with E-state index >= 15 is 0 Å². The zero-order valence-electron chi connectivity index (χ0n) is 31.4. The Labute approximate surface area is 299 Å². The lowest BCUT2D eigenvalue weighted by molar-refractivity contribution is -0.0945. The van der Waals surface area contributed by atoms with E-state index in [0.29, 0.717) is 42.0 Å². The summed E-state index contributed by atoms with van der Waals surface area (Å²) in [5, 5.41) is 37.3. The van der Waals surface area contributed by atoms with Gasteiger partial charge < -0.3 is 29.5 Å². The molecule has 2 saturated heterocycles. The van der Waals surface area contributed by atoms with E-state index in [-0.39, 0.29) is 12.6 Å². The monoisotopic (exact) mass is 696 g/mol. The highest BCUT2D eigenvalue weighted by Crippen LogP contribution is 2.70. The first-order chi connectivity index (χ1) is 23.9. The molecule has 0 spiro atoms. The topological polar surface area (TPSA) is 122 Å². The molecule has 1 aromatic heterocycles. The summed E-state index contributed by atoms with van der Waals surface area (Å²) < 4.78 is 19.2. The fourth-order valence-electron chi connectivity index (χ4n) is 12.4. The van der Waals surface area contributed by atoms with Crippen molar-refractivity contribution in [2.24, 2.45) is 46.3 Å². The van der Waals surface area contributed by atoms with E-state index in [2.05, 4.69) is 49.0 Å². The van der Waals surface area contributed by atoms with Gasteiger partial charge in [0.15, 0.2) is 6.26 Å². The van der Waals surface area contributed by atoms with Crippen molar-refractivity contribution in [3.8, 4) is 0 Å². The van der Waals surface area contributed by atoms with Crippen LogP contribution >= 0.6 is 0 Å². The molecular formula is C40H64N4O6. The van der Waals surface area contributed by atoms with E-state index in [1.54, 1.807) is 17.2 Å². The number of allylic oxidation sites excluding steroid dienone is 1. The van der Waals surface area contributed by atoms with Gasteiger partial charge in [0, 0.05) is 31.8 Å². The van der Waals surface area contributed by atoms with Gasteiger partial charge in [-0.1, -0.05) is 44.6 Å². The first-order valence-electron chi connectivity index (χ1n) is 19.9. The quantitative estimate of drug-likeness (QED) is 0.130. The molecule has 0 amide bonds. The molecule has 0 bridgehead atoms. The number of ether oxygens (including phenoxy) is 3. The van der Waals surface area contributed by atoms with Gasteiger partial charge in [-0.2, -0.15) is 0 Å². The Balaban J connectivity index is 0.880. The smallest absolute Gasteiger partial charge is 0.316 e. The van der Waals surface area contributed by atoms with Crippen LogP contribution in [0.3, 0.4) is 0 Å². The third-order valence-corrected chi connectivity index (χ3v) is 14.9. The fourth-order valence-corrected chi connectivity index (χ4v) is 12.4. The Morgan fingerprint density at radius 3 is 2.68 bits per heavy atom. The van der Waals surface area contributed by atoms with Crippen LogP contribution in [0, 0.1) is 46.3 Å². The van der Waals surface area contributed by atoms with Crippen LogP contribution in [0.15, 0.2) is 30.1 Å². The van der Waals surface area contributed by atoms with Crippen molar-refractivity contribution >= 4 is 0 Å². The Morgan fingerprint density at radius 2 is 1.90 bits per heavy atom. The normalized spacial score (nSPS) is 41.6. The summed E-state index contributed by atoms with van der Waals surface area (Å²) in [5.41, 5.74) is 3.13. The molecule has 0 radical (unpaired) electrons. The largest absolute Gasteiger partial charge is 0.508 e. The van der Waals surface area contributed by atoms with Gasteiger partial charge in [0.05, 0.1) is 18.4 Å². The number of aliphatic hydroxyl groups excluding tert-OH is 3. The zero-order chi connectivity index (χ0) is 35.4. The zero-order valence-corrected chi connectivity index (χ0v) is 31.4. The van der Waals surface area contributed by atoms with Gasteiger partial charge >= 0.3 is 5.95 Å². The van der Waals surface area contributed by atoms with Crippen molar-refractivity contribution in [3.63, 3.8) is 0 Å². The number of aliphatic hydroxyl groups is 3. The molecule has 2 aliphatic heterocycles. The molecule has 14 atom stereocenters. The Morgan fingerprint density at radius 1 is 1.08 bits per heavy atom. The van der Waals surface area contributed by atoms with E-state index in [0.717, 1.165) is 66.9 Å². The van der Waals surface area contributed by atoms with Crippen LogP contribution in [0.4, 0.5) is 0 Å². The van der Waals surface area contributed by atoms with Crippen molar-refractivity contribution in [2.45, 2.75) is 155 Å². The highest BCUT2D eigenvalue weighted by molar-refractivity contribution is 5.27. The lowest BCUT2D eigenvalue weighted by atomic mass is 9.47. The van der Waals surface area contributed by atoms with Crippen molar-refractivity contribution in [2.75, 3.05) is 13.2 Å². The number of piperidine rings is 1. The highest BCUT2D eigenvalue weighted by Gasteiger charge is 2.66. The molecule has 3 N–H and O–H groups in total. The van der Waals surface area contributed by atoms with Gasteiger partial charge in [-0.15, -0.1) is 5.10 Å². The second kappa shape index (κ2) is 14.4. The van der Waals surface area contributed by atoms with Gasteiger partial charge in [0.25, 0.3) is 0 Å². The maximum Gasteiger partial charge on any atom is 0.316 e. The number of rotatable bonds is 12. The maximum atomic E-state index is 9.94. The van der Waals surface area contributed by atoms with Crippen LogP contribution in [0.5, 0.6) is 0 Å². The molecule has 0 aromatic carbocycles. The average molecular weight is 697 g/mol. The second-order valence-electron chi connectivity index (χ2n) is 17.8. The van der Waals surface area contributed by atoms with Crippen LogP contribution in [-0.2, 0) is 27.4 Å². The maximum absolute atomic E-state index is 9.94. The predicted octanol–water partition coefficient (Wildman–Crippen LogP) is 6.38. The van der Waals surface area contributed by atoms with E-state index in [4.69, 9.17) is 14.2 Å². The van der Waals surface area contributed by atoms with E-state index in [1.807, 2.05) is 6.20 Å². The number of nitrogens with zero attached hydrogens (tertiary/aromatic N) is 4. The van der Waals surface area contributed by atoms with Gasteiger partial charge in [0.1, 0.15) is 24.5 Å². The van der Waals surface area contributed by atoms with E-state index in [1.165, 1.54) is 58.4 Å². The Hall–Kier alpha value is -2.14. The molecule has 1 aromatic rings. The summed E-state index contributed by atoms with van der Waals surface area (Å²) in [5.74, 6) is 5.00. The SMILES string of the molecule is CC(O/C(=C/O)OCc1cn(CCCO[C@H]2CC[C@@]3(C)C(=CCC4C5CC6C([C@H](C)C7CC[C@H](C)CN67)[C@@]5(C)CCC43)C2)nn1)[C@H](O)[C@@H](C)O. The second-order valence-corrected chi connectivity index (χ2v) is 17.8. The molecular weight excluding hydrogens is 632 g/mol. The van der Waals surface area contributed by atoms with Crippen molar-refractivity contribution < 1.29 is 29.5 Å². The van der Waals surface area contributed by atoms with Gasteiger partial charge in [-0.25, -0.2) is 0 Å². The molecule has 7 rings (SSSR count). The summed E-state index contributed by atoms with van der Waals surface area (Å²) in [6.45, 7) is 16.3. The first kappa shape index (κ1) is 36.2. The molecule has 50 heavy (non-hydrogen) atoms. The lowest BCUT2D eigenvalue weighted by Crippen LogP contribution is -2.51. The van der Waals surface area contributed by atoms with Crippen molar-refractivity contribution in [1.29, 1.82) is 0 Å². The standard InChI is InChI=1S/C40H64N4O6/c1-24-8-11-34-25(2)37-35(44(34)20-24)19-33-31-10-9-28-18-30(12-14-39(28,5)32(31)13-15-40(33,37)6)48-17-7-16-43-21-29(41-42-43)23-49-36(22-45)50-27(4)38(47)26(3)46/h9,21-22,24-27,30-35,37-38,45-47H,7-8,10-20,23H2,1-6H3/b36-22+/t24-,25+,26+,27?,30-,31?,32?,33?,34?,35?,37?,38+,39-,40-/m0/s1. The molecule has 7 unspecified atom stereocenters. The molecule has 4 aliphatic carbocycles.